The molecule has 0 fully saturated rings. The van der Waals surface area contributed by atoms with Gasteiger partial charge in [0.15, 0.2) is 0 Å². The van der Waals surface area contributed by atoms with Crippen molar-refractivity contribution in [3.63, 3.8) is 0 Å². The molecule has 1 aliphatic heterocycles. The third-order valence-corrected chi connectivity index (χ3v) is 3.04. The molecular weight excluding hydrogens is 268 g/mol. The second-order valence-corrected chi connectivity index (χ2v) is 5.50. The lowest BCUT2D eigenvalue weighted by Crippen LogP contribution is -2.23. The molecule has 1 aliphatic rings. The molecular formula is C12H26N2O4S. The number of rotatable bonds is 7. The summed E-state index contributed by atoms with van der Waals surface area (Å²) >= 11 is 0. The summed E-state index contributed by atoms with van der Waals surface area (Å²) in [7, 11) is -2.06. The van der Waals surface area contributed by atoms with Crippen LogP contribution in [0.3, 0.4) is 0 Å². The maximum absolute atomic E-state index is 9.56. The summed E-state index contributed by atoms with van der Waals surface area (Å²) in [4.78, 5) is 4.58. The number of hydrogen-bond acceptors (Lipinski definition) is 5. The average Bonchev–Trinajstić information content (AvgIpc) is 2.70. The predicted molar refractivity (Wildman–Crippen MR) is 75.8 cm³/mol. The van der Waals surface area contributed by atoms with Crippen LogP contribution >= 0.6 is 0 Å². The van der Waals surface area contributed by atoms with E-state index in [0.29, 0.717) is 0 Å². The van der Waals surface area contributed by atoms with Gasteiger partial charge in [-0.25, -0.2) is 4.18 Å². The zero-order chi connectivity index (χ0) is 14.7. The highest BCUT2D eigenvalue weighted by Gasteiger charge is 2.06. The van der Waals surface area contributed by atoms with Crippen molar-refractivity contribution in [2.45, 2.75) is 39.5 Å². The third kappa shape index (κ3) is 12.0. The van der Waals surface area contributed by atoms with Crippen molar-refractivity contribution in [3.8, 4) is 0 Å². The lowest BCUT2D eigenvalue weighted by atomic mass is 10.2. The van der Waals surface area contributed by atoms with Gasteiger partial charge < -0.3 is 9.80 Å². The predicted octanol–water partition coefficient (Wildman–Crippen LogP) is 2.07. The molecule has 6 nitrogen and oxygen atoms in total. The minimum absolute atomic E-state index is 0.0289. The fourth-order valence-electron chi connectivity index (χ4n) is 1.62. The highest BCUT2D eigenvalue weighted by molar-refractivity contribution is 7.80. The molecule has 0 unspecified atom stereocenters. The minimum atomic E-state index is -4.17. The lowest BCUT2D eigenvalue weighted by molar-refractivity contribution is 0.283. The van der Waals surface area contributed by atoms with E-state index in [2.05, 4.69) is 40.4 Å². The lowest BCUT2D eigenvalue weighted by Gasteiger charge is -2.17. The Labute approximate surface area is 117 Å². The fourth-order valence-corrected chi connectivity index (χ4v) is 1.92. The third-order valence-electron chi connectivity index (χ3n) is 2.50. The Balaban J connectivity index is 0.000000399. The van der Waals surface area contributed by atoms with Gasteiger partial charge in [0.25, 0.3) is 0 Å². The second kappa shape index (κ2) is 10.1. The Morgan fingerprint density at radius 1 is 1.21 bits per heavy atom. The molecule has 0 aromatic carbocycles. The molecule has 0 atom stereocenters. The molecule has 0 amide bonds. The molecule has 1 N–H and O–H groups in total. The Morgan fingerprint density at radius 3 is 2.26 bits per heavy atom. The Kier molecular flexibility index (Phi) is 9.63. The Morgan fingerprint density at radius 2 is 1.89 bits per heavy atom. The van der Waals surface area contributed by atoms with Gasteiger partial charge in [0, 0.05) is 26.0 Å². The first kappa shape index (κ1) is 18.2. The topological polar surface area (TPSA) is 70.1 Å². The van der Waals surface area contributed by atoms with Crippen LogP contribution < -0.4 is 0 Å². The molecule has 0 aromatic rings. The van der Waals surface area contributed by atoms with E-state index in [1.807, 2.05) is 0 Å². The maximum Gasteiger partial charge on any atom is 0.397 e. The summed E-state index contributed by atoms with van der Waals surface area (Å²) in [5.41, 5.74) is 0. The molecule has 0 aliphatic carbocycles. The summed E-state index contributed by atoms with van der Waals surface area (Å²) in [6, 6.07) is 0. The van der Waals surface area contributed by atoms with Gasteiger partial charge in [-0.15, -0.1) is 0 Å². The van der Waals surface area contributed by atoms with E-state index in [1.165, 1.54) is 39.2 Å². The van der Waals surface area contributed by atoms with Gasteiger partial charge in [-0.05, 0) is 13.3 Å². The zero-order valence-electron chi connectivity index (χ0n) is 12.1. The average molecular weight is 294 g/mol. The zero-order valence-corrected chi connectivity index (χ0v) is 12.9. The fraction of sp³-hybridized carbons (Fsp3) is 0.833. The van der Waals surface area contributed by atoms with Crippen LogP contribution in [0.5, 0.6) is 0 Å². The van der Waals surface area contributed by atoms with Crippen LogP contribution in [0.1, 0.15) is 39.5 Å². The van der Waals surface area contributed by atoms with E-state index in [0.717, 1.165) is 6.67 Å². The molecule has 0 spiro atoms. The quantitative estimate of drug-likeness (QED) is 0.572. The van der Waals surface area contributed by atoms with Crippen molar-refractivity contribution >= 4 is 10.4 Å². The minimum Gasteiger partial charge on any atom is -0.362 e. The largest absolute Gasteiger partial charge is 0.397 e. The van der Waals surface area contributed by atoms with Crippen LogP contribution in [-0.2, 0) is 14.6 Å². The normalized spacial score (nSPS) is 14.5. The summed E-state index contributed by atoms with van der Waals surface area (Å²) in [5, 5.41) is 0. The monoisotopic (exact) mass is 294 g/mol. The van der Waals surface area contributed by atoms with Gasteiger partial charge >= 0.3 is 10.4 Å². The van der Waals surface area contributed by atoms with Crippen molar-refractivity contribution in [2.75, 3.05) is 26.9 Å². The molecule has 0 aromatic heterocycles. The molecule has 0 radical (unpaired) electrons. The Bertz CT molecular complexity index is 344. The van der Waals surface area contributed by atoms with Crippen LogP contribution in [0.15, 0.2) is 12.4 Å². The highest BCUT2D eigenvalue weighted by atomic mass is 32.3. The molecule has 0 bridgehead atoms. The summed E-state index contributed by atoms with van der Waals surface area (Å²) in [5.74, 6) is 0. The van der Waals surface area contributed by atoms with E-state index in [-0.39, 0.29) is 6.61 Å². The van der Waals surface area contributed by atoms with E-state index in [4.69, 9.17) is 4.55 Å². The van der Waals surface area contributed by atoms with Gasteiger partial charge in [-0.1, -0.05) is 26.2 Å². The van der Waals surface area contributed by atoms with Crippen molar-refractivity contribution in [1.29, 1.82) is 0 Å². The number of nitrogens with zero attached hydrogens (tertiary/aromatic N) is 2. The standard InChI is InChI=1S/C10H20N2.C2H6O4S/c1-3-4-5-6-7-12-9-8-11(2)10-12;1-2-6-7(3,4)5/h8-9H,3-7,10H2,1-2H3;2H2,1H3,(H,3,4,5). The molecule has 0 saturated heterocycles. The van der Waals surface area contributed by atoms with Gasteiger partial charge in [0.1, 0.15) is 0 Å². The summed E-state index contributed by atoms with van der Waals surface area (Å²) in [6.45, 7) is 5.99. The van der Waals surface area contributed by atoms with Gasteiger partial charge in [0.05, 0.1) is 13.3 Å². The molecule has 7 heteroatoms. The summed E-state index contributed by atoms with van der Waals surface area (Å²) < 4.78 is 30.7. The molecule has 0 saturated carbocycles. The number of unbranched alkanes of at least 4 members (excludes halogenated alkanes) is 3. The van der Waals surface area contributed by atoms with Crippen LogP contribution in [0.4, 0.5) is 0 Å². The molecule has 1 heterocycles. The van der Waals surface area contributed by atoms with Crippen LogP contribution in [-0.4, -0.2) is 49.6 Å². The van der Waals surface area contributed by atoms with Gasteiger partial charge in [-0.2, -0.15) is 8.42 Å². The SMILES string of the molecule is CCCCCCN1C=CN(C)C1.CCOS(=O)(=O)O. The van der Waals surface area contributed by atoms with Crippen molar-refractivity contribution in [2.24, 2.45) is 0 Å². The smallest absolute Gasteiger partial charge is 0.362 e. The molecule has 1 rings (SSSR count). The van der Waals surface area contributed by atoms with E-state index in [9.17, 15) is 8.42 Å². The summed E-state index contributed by atoms with van der Waals surface area (Å²) in [6.07, 6.45) is 9.76. The van der Waals surface area contributed by atoms with E-state index >= 15 is 0 Å². The first-order valence-electron chi connectivity index (χ1n) is 6.63. The maximum atomic E-state index is 9.56. The van der Waals surface area contributed by atoms with Crippen LogP contribution in [0.25, 0.3) is 0 Å². The van der Waals surface area contributed by atoms with E-state index in [1.54, 1.807) is 0 Å². The van der Waals surface area contributed by atoms with Crippen molar-refractivity contribution < 1.29 is 17.2 Å². The van der Waals surface area contributed by atoms with Gasteiger partial charge in [0.2, 0.25) is 0 Å². The highest BCUT2D eigenvalue weighted by Crippen LogP contribution is 2.06. The first-order valence-corrected chi connectivity index (χ1v) is 8.00. The van der Waals surface area contributed by atoms with Crippen LogP contribution in [0, 0.1) is 0 Å². The number of hydrogen-bond donors (Lipinski definition) is 1. The Hall–Kier alpha value is -0.790. The first-order chi connectivity index (χ1) is 8.89. The van der Waals surface area contributed by atoms with Crippen LogP contribution in [0.2, 0.25) is 0 Å². The van der Waals surface area contributed by atoms with Gasteiger partial charge in [-0.3, -0.25) is 4.55 Å². The van der Waals surface area contributed by atoms with E-state index < -0.39 is 10.4 Å². The second-order valence-electron chi connectivity index (χ2n) is 4.40. The van der Waals surface area contributed by atoms with Crippen molar-refractivity contribution in [1.82, 2.24) is 9.80 Å². The van der Waals surface area contributed by atoms with Crippen molar-refractivity contribution in [3.05, 3.63) is 12.4 Å². The molecule has 114 valence electrons. The molecule has 19 heavy (non-hydrogen) atoms.